The summed E-state index contributed by atoms with van der Waals surface area (Å²) in [4.78, 5) is 31.0. The lowest BCUT2D eigenvalue weighted by Gasteiger charge is -2.22. The molecule has 1 N–H and O–H groups in total. The van der Waals surface area contributed by atoms with E-state index in [1.165, 1.54) is 10.5 Å². The van der Waals surface area contributed by atoms with E-state index in [0.717, 1.165) is 43.2 Å². The van der Waals surface area contributed by atoms with Crippen LogP contribution in [0.15, 0.2) is 53.0 Å². The molecule has 0 saturated heterocycles. The van der Waals surface area contributed by atoms with Gasteiger partial charge in [-0.1, -0.05) is 58.2 Å². The summed E-state index contributed by atoms with van der Waals surface area (Å²) in [5, 5.41) is 12.7. The Morgan fingerprint density at radius 1 is 1.17 bits per heavy atom. The summed E-state index contributed by atoms with van der Waals surface area (Å²) in [6.45, 7) is 8.24. The molecule has 1 aliphatic carbocycles. The van der Waals surface area contributed by atoms with Crippen LogP contribution in [0.1, 0.15) is 69.6 Å². The number of carbonyl (C=O) groups excluding carboxylic acids is 1. The van der Waals surface area contributed by atoms with Crippen LogP contribution in [-0.2, 0) is 10.2 Å². The number of aromatic nitrogens is 2. The quantitative estimate of drug-likeness (QED) is 0.384. The summed E-state index contributed by atoms with van der Waals surface area (Å²) in [6.07, 6.45) is 7.96. The molecule has 0 radical (unpaired) electrons. The monoisotopic (exact) mass is 484 g/mol. The first kappa shape index (κ1) is 25.2. The Bertz CT molecular complexity index is 1400. The van der Waals surface area contributed by atoms with Gasteiger partial charge in [-0.3, -0.25) is 14.0 Å². The van der Waals surface area contributed by atoms with Gasteiger partial charge >= 0.3 is 0 Å². The smallest absolute Gasteiger partial charge is 0.269 e. The lowest BCUT2D eigenvalue weighted by atomic mass is 9.87. The van der Waals surface area contributed by atoms with Gasteiger partial charge in [-0.15, -0.1) is 0 Å². The number of aryl methyl sites for hydroxylation is 1. The zero-order valence-electron chi connectivity index (χ0n) is 21.3. The van der Waals surface area contributed by atoms with E-state index in [2.05, 4.69) is 31.1 Å². The molecule has 3 aromatic rings. The van der Waals surface area contributed by atoms with Gasteiger partial charge in [0.15, 0.2) is 0 Å². The van der Waals surface area contributed by atoms with Crippen LogP contribution in [0.25, 0.3) is 11.7 Å². The van der Waals surface area contributed by atoms with Crippen LogP contribution in [0.2, 0.25) is 0 Å². The molecular weight excluding hydrogens is 452 g/mol. The normalized spacial score (nSPS) is 14.9. The number of rotatable bonds is 5. The molecule has 0 spiro atoms. The second-order valence-corrected chi connectivity index (χ2v) is 10.4. The van der Waals surface area contributed by atoms with Crippen molar-refractivity contribution in [2.45, 2.75) is 71.3 Å². The number of pyridine rings is 1. The molecule has 1 amide bonds. The van der Waals surface area contributed by atoms with Crippen LogP contribution in [-0.4, -0.2) is 21.3 Å². The van der Waals surface area contributed by atoms with E-state index in [0.29, 0.717) is 11.4 Å². The molecule has 1 aliphatic rings. The van der Waals surface area contributed by atoms with Gasteiger partial charge in [0.2, 0.25) is 5.88 Å². The summed E-state index contributed by atoms with van der Waals surface area (Å²) in [5.41, 5.74) is 1.86. The Labute approximate surface area is 211 Å². The highest BCUT2D eigenvalue weighted by atomic mass is 16.5. The molecule has 1 aromatic carbocycles. The summed E-state index contributed by atoms with van der Waals surface area (Å²) >= 11 is 0. The third-order valence-electron chi connectivity index (χ3n) is 6.58. The van der Waals surface area contributed by atoms with Crippen LogP contribution < -0.4 is 15.6 Å². The number of hydrogen-bond donors (Lipinski definition) is 1. The zero-order chi connectivity index (χ0) is 25.9. The van der Waals surface area contributed by atoms with Crippen molar-refractivity contribution in [1.82, 2.24) is 14.7 Å². The average Bonchev–Trinajstić information content (AvgIpc) is 2.85. The van der Waals surface area contributed by atoms with E-state index in [1.807, 2.05) is 43.3 Å². The minimum absolute atomic E-state index is 0.0169. The second-order valence-electron chi connectivity index (χ2n) is 10.4. The molecule has 7 nitrogen and oxygen atoms in total. The standard InChI is InChI=1S/C29H32N4O3/c1-19-9-8-16-33-25(19)32-27(36-23-14-12-21(13-15-23)29(2,3)4)24(28(33)35)17-20(18-30)26(34)31-22-10-6-5-7-11-22/h8-9,12-17,22H,5-7,10-11H2,1-4H3,(H,31,34)/b20-17+. The van der Waals surface area contributed by atoms with Crippen LogP contribution in [0.5, 0.6) is 11.6 Å². The largest absolute Gasteiger partial charge is 0.438 e. The molecular formula is C29H32N4O3. The van der Waals surface area contributed by atoms with Crippen LogP contribution in [0, 0.1) is 18.3 Å². The van der Waals surface area contributed by atoms with Crippen molar-refractivity contribution < 1.29 is 9.53 Å². The van der Waals surface area contributed by atoms with Gasteiger partial charge in [-0.05, 0) is 60.6 Å². The number of nitriles is 1. The van der Waals surface area contributed by atoms with Gasteiger partial charge in [0.1, 0.15) is 28.6 Å². The van der Waals surface area contributed by atoms with E-state index in [1.54, 1.807) is 12.3 Å². The number of hydrogen-bond acceptors (Lipinski definition) is 5. The van der Waals surface area contributed by atoms with Gasteiger partial charge in [0, 0.05) is 12.2 Å². The van der Waals surface area contributed by atoms with Crippen LogP contribution in [0.4, 0.5) is 0 Å². The lowest BCUT2D eigenvalue weighted by Crippen LogP contribution is -2.36. The Morgan fingerprint density at radius 2 is 1.86 bits per heavy atom. The molecule has 7 heteroatoms. The second kappa shape index (κ2) is 10.4. The summed E-state index contributed by atoms with van der Waals surface area (Å²) in [6, 6.07) is 13.2. The fraction of sp³-hybridized carbons (Fsp3) is 0.379. The first-order valence-electron chi connectivity index (χ1n) is 12.4. The van der Waals surface area contributed by atoms with Crippen molar-refractivity contribution in [2.75, 3.05) is 0 Å². The van der Waals surface area contributed by atoms with Crippen molar-refractivity contribution in [3.63, 3.8) is 0 Å². The molecule has 186 valence electrons. The maximum atomic E-state index is 13.5. The van der Waals surface area contributed by atoms with Gasteiger partial charge < -0.3 is 10.1 Å². The average molecular weight is 485 g/mol. The minimum Gasteiger partial charge on any atom is -0.438 e. The molecule has 0 unspecified atom stereocenters. The molecule has 0 bridgehead atoms. The van der Waals surface area contributed by atoms with Crippen molar-refractivity contribution in [3.8, 4) is 17.7 Å². The van der Waals surface area contributed by atoms with Crippen molar-refractivity contribution >= 4 is 17.6 Å². The minimum atomic E-state index is -0.487. The SMILES string of the molecule is Cc1cccn2c(=O)c(/C=C(\C#N)C(=O)NC3CCCCC3)c(Oc3ccc(C(C)(C)C)cc3)nc12. The predicted molar refractivity (Wildman–Crippen MR) is 140 cm³/mol. The van der Waals surface area contributed by atoms with Gasteiger partial charge in [0.25, 0.3) is 11.5 Å². The number of nitrogens with one attached hydrogen (secondary N) is 1. The predicted octanol–water partition coefficient (Wildman–Crippen LogP) is 5.45. The highest BCUT2D eigenvalue weighted by Gasteiger charge is 2.21. The molecule has 0 atom stereocenters. The van der Waals surface area contributed by atoms with Crippen LogP contribution in [0.3, 0.4) is 0 Å². The number of fused-ring (bicyclic) bond motifs is 1. The Balaban J connectivity index is 1.77. The fourth-order valence-corrected chi connectivity index (χ4v) is 4.43. The summed E-state index contributed by atoms with van der Waals surface area (Å²) < 4.78 is 7.49. The van der Waals surface area contributed by atoms with Gasteiger partial charge in [0.05, 0.1) is 0 Å². The Morgan fingerprint density at radius 3 is 2.50 bits per heavy atom. The molecule has 2 heterocycles. The van der Waals surface area contributed by atoms with E-state index >= 15 is 0 Å². The van der Waals surface area contributed by atoms with E-state index in [-0.39, 0.29) is 28.5 Å². The third-order valence-corrected chi connectivity index (χ3v) is 6.58. The van der Waals surface area contributed by atoms with Crippen molar-refractivity contribution in [1.29, 1.82) is 5.26 Å². The first-order valence-corrected chi connectivity index (χ1v) is 12.4. The summed E-state index contributed by atoms with van der Waals surface area (Å²) in [7, 11) is 0. The third kappa shape index (κ3) is 5.49. The number of ether oxygens (including phenoxy) is 1. The highest BCUT2D eigenvalue weighted by Crippen LogP contribution is 2.28. The molecule has 2 aromatic heterocycles. The Hall–Kier alpha value is -3.92. The molecule has 4 rings (SSSR count). The van der Waals surface area contributed by atoms with E-state index in [9.17, 15) is 14.9 Å². The summed E-state index contributed by atoms with van der Waals surface area (Å²) in [5.74, 6) is 0.0716. The number of amides is 1. The molecule has 1 fully saturated rings. The maximum Gasteiger partial charge on any atom is 0.269 e. The van der Waals surface area contributed by atoms with Crippen molar-refractivity contribution in [3.05, 3.63) is 75.2 Å². The van der Waals surface area contributed by atoms with Gasteiger partial charge in [-0.25, -0.2) is 0 Å². The Kier molecular flexibility index (Phi) is 7.25. The zero-order valence-corrected chi connectivity index (χ0v) is 21.3. The topological polar surface area (TPSA) is 96.5 Å². The number of nitrogens with zero attached hydrogens (tertiary/aromatic N) is 3. The first-order chi connectivity index (χ1) is 17.2. The van der Waals surface area contributed by atoms with Crippen molar-refractivity contribution in [2.24, 2.45) is 0 Å². The van der Waals surface area contributed by atoms with Gasteiger partial charge in [-0.2, -0.15) is 10.2 Å². The molecule has 36 heavy (non-hydrogen) atoms. The lowest BCUT2D eigenvalue weighted by molar-refractivity contribution is -0.117. The molecule has 0 aliphatic heterocycles. The number of carbonyl (C=O) groups is 1. The van der Waals surface area contributed by atoms with E-state index < -0.39 is 11.5 Å². The molecule has 1 saturated carbocycles. The van der Waals surface area contributed by atoms with Crippen LogP contribution >= 0.6 is 0 Å². The number of benzene rings is 1. The van der Waals surface area contributed by atoms with E-state index in [4.69, 9.17) is 4.74 Å². The fourth-order valence-electron chi connectivity index (χ4n) is 4.43. The highest BCUT2D eigenvalue weighted by molar-refractivity contribution is 6.02. The maximum absolute atomic E-state index is 13.5.